The Hall–Kier alpha value is -0.540. The highest BCUT2D eigenvalue weighted by Crippen LogP contribution is 2.29. The van der Waals surface area contributed by atoms with Gasteiger partial charge in [0.15, 0.2) is 0 Å². The molecule has 1 N–H and O–H groups in total. The monoisotopic (exact) mass is 269 g/mol. The third-order valence-corrected chi connectivity index (χ3v) is 3.47. The summed E-state index contributed by atoms with van der Waals surface area (Å²) in [5.74, 6) is 0.764. The standard InChI is InChI=1S/C12H16BrNO/c1-9-4-5-14(7-9)12-3-2-11(13)6-10(12)8-15/h2-3,6,9,15H,4-5,7-8H2,1H3. The van der Waals surface area contributed by atoms with Crippen molar-refractivity contribution >= 4 is 21.6 Å². The van der Waals surface area contributed by atoms with E-state index in [0.29, 0.717) is 0 Å². The molecular formula is C12H16BrNO. The van der Waals surface area contributed by atoms with Crippen LogP contribution in [0, 0.1) is 5.92 Å². The second kappa shape index (κ2) is 4.54. The minimum Gasteiger partial charge on any atom is -0.392 e. The molecule has 1 saturated heterocycles. The summed E-state index contributed by atoms with van der Waals surface area (Å²) in [4.78, 5) is 2.36. The van der Waals surface area contributed by atoms with Crippen molar-refractivity contribution in [2.75, 3.05) is 18.0 Å². The van der Waals surface area contributed by atoms with Gasteiger partial charge in [0.05, 0.1) is 6.61 Å². The number of halogens is 1. The van der Waals surface area contributed by atoms with E-state index in [2.05, 4.69) is 33.8 Å². The van der Waals surface area contributed by atoms with Crippen molar-refractivity contribution in [2.24, 2.45) is 5.92 Å². The van der Waals surface area contributed by atoms with Crippen molar-refractivity contribution in [1.29, 1.82) is 0 Å². The lowest BCUT2D eigenvalue weighted by molar-refractivity contribution is 0.282. The van der Waals surface area contributed by atoms with Crippen LogP contribution in [0.3, 0.4) is 0 Å². The minimum atomic E-state index is 0.111. The predicted octanol–water partition coefficient (Wildman–Crippen LogP) is 2.79. The number of aliphatic hydroxyl groups is 1. The van der Waals surface area contributed by atoms with E-state index in [0.717, 1.165) is 29.0 Å². The summed E-state index contributed by atoms with van der Waals surface area (Å²) >= 11 is 3.43. The van der Waals surface area contributed by atoms with Crippen LogP contribution in [-0.4, -0.2) is 18.2 Å². The number of nitrogens with zero attached hydrogens (tertiary/aromatic N) is 1. The van der Waals surface area contributed by atoms with Crippen LogP contribution in [0.5, 0.6) is 0 Å². The van der Waals surface area contributed by atoms with Crippen LogP contribution in [0.25, 0.3) is 0 Å². The van der Waals surface area contributed by atoms with Gasteiger partial charge in [-0.15, -0.1) is 0 Å². The van der Waals surface area contributed by atoms with Gasteiger partial charge in [0.1, 0.15) is 0 Å². The van der Waals surface area contributed by atoms with Crippen LogP contribution < -0.4 is 4.90 Å². The number of rotatable bonds is 2. The molecule has 1 heterocycles. The van der Waals surface area contributed by atoms with Crippen molar-refractivity contribution in [2.45, 2.75) is 20.0 Å². The first-order valence-corrected chi connectivity index (χ1v) is 6.14. The third-order valence-electron chi connectivity index (χ3n) is 2.98. The fraction of sp³-hybridized carbons (Fsp3) is 0.500. The average Bonchev–Trinajstić information content (AvgIpc) is 2.64. The van der Waals surface area contributed by atoms with Crippen LogP contribution in [-0.2, 0) is 6.61 Å². The third kappa shape index (κ3) is 2.34. The summed E-state index contributed by atoms with van der Waals surface area (Å²) in [6, 6.07) is 6.13. The Balaban J connectivity index is 2.27. The molecule has 2 nitrogen and oxygen atoms in total. The number of anilines is 1. The maximum Gasteiger partial charge on any atom is 0.0702 e. The van der Waals surface area contributed by atoms with Gasteiger partial charge in [0.2, 0.25) is 0 Å². The Morgan fingerprint density at radius 3 is 2.93 bits per heavy atom. The lowest BCUT2D eigenvalue weighted by Crippen LogP contribution is -2.20. The zero-order valence-corrected chi connectivity index (χ0v) is 10.5. The van der Waals surface area contributed by atoms with Gasteiger partial charge in [0.25, 0.3) is 0 Å². The van der Waals surface area contributed by atoms with E-state index in [1.807, 2.05) is 12.1 Å². The van der Waals surface area contributed by atoms with Gasteiger partial charge >= 0.3 is 0 Å². The molecular weight excluding hydrogens is 254 g/mol. The summed E-state index contributed by atoms with van der Waals surface area (Å²) in [5.41, 5.74) is 2.20. The topological polar surface area (TPSA) is 23.5 Å². The molecule has 1 fully saturated rings. The normalized spacial score (nSPS) is 21.0. The molecule has 1 aromatic carbocycles. The number of aliphatic hydroxyl groups excluding tert-OH is 1. The van der Waals surface area contributed by atoms with Crippen LogP contribution in [0.2, 0.25) is 0 Å². The van der Waals surface area contributed by atoms with Gasteiger partial charge in [-0.3, -0.25) is 0 Å². The second-order valence-electron chi connectivity index (χ2n) is 4.27. The van der Waals surface area contributed by atoms with Gasteiger partial charge in [0, 0.05) is 28.8 Å². The van der Waals surface area contributed by atoms with Crippen molar-refractivity contribution < 1.29 is 5.11 Å². The molecule has 0 bridgehead atoms. The van der Waals surface area contributed by atoms with E-state index in [1.165, 1.54) is 12.1 Å². The number of benzene rings is 1. The van der Waals surface area contributed by atoms with Gasteiger partial charge in [-0.25, -0.2) is 0 Å². The number of hydrogen-bond donors (Lipinski definition) is 1. The highest BCUT2D eigenvalue weighted by molar-refractivity contribution is 9.10. The first kappa shape index (κ1) is 11.0. The summed E-state index contributed by atoms with van der Waals surface area (Å²) in [6.45, 7) is 4.60. The SMILES string of the molecule is CC1CCN(c2ccc(Br)cc2CO)C1. The second-order valence-corrected chi connectivity index (χ2v) is 5.19. The lowest BCUT2D eigenvalue weighted by atomic mass is 10.1. The van der Waals surface area contributed by atoms with Crippen LogP contribution in [0.1, 0.15) is 18.9 Å². The molecule has 1 unspecified atom stereocenters. The Morgan fingerprint density at radius 2 is 2.33 bits per heavy atom. The zero-order chi connectivity index (χ0) is 10.8. The molecule has 0 amide bonds. The molecule has 0 saturated carbocycles. The van der Waals surface area contributed by atoms with E-state index >= 15 is 0 Å². The molecule has 0 radical (unpaired) electrons. The van der Waals surface area contributed by atoms with Crippen molar-refractivity contribution in [3.8, 4) is 0 Å². The highest BCUT2D eigenvalue weighted by atomic mass is 79.9. The molecule has 1 aliphatic heterocycles. The van der Waals surface area contributed by atoms with Gasteiger partial charge < -0.3 is 10.0 Å². The quantitative estimate of drug-likeness (QED) is 0.893. The summed E-state index contributed by atoms with van der Waals surface area (Å²) in [7, 11) is 0. The molecule has 15 heavy (non-hydrogen) atoms. The zero-order valence-electron chi connectivity index (χ0n) is 8.91. The maximum atomic E-state index is 9.32. The van der Waals surface area contributed by atoms with Gasteiger partial charge in [-0.1, -0.05) is 22.9 Å². The molecule has 1 aromatic rings. The van der Waals surface area contributed by atoms with E-state index in [1.54, 1.807) is 0 Å². The largest absolute Gasteiger partial charge is 0.392 e. The van der Waals surface area contributed by atoms with E-state index < -0.39 is 0 Å². The van der Waals surface area contributed by atoms with E-state index in [-0.39, 0.29) is 6.61 Å². The van der Waals surface area contributed by atoms with Crippen LogP contribution in [0.15, 0.2) is 22.7 Å². The number of hydrogen-bond acceptors (Lipinski definition) is 2. The Morgan fingerprint density at radius 1 is 1.53 bits per heavy atom. The van der Waals surface area contributed by atoms with Gasteiger partial charge in [-0.05, 0) is 30.5 Å². The molecule has 0 aliphatic carbocycles. The minimum absolute atomic E-state index is 0.111. The molecule has 1 atom stereocenters. The molecule has 0 spiro atoms. The molecule has 0 aromatic heterocycles. The van der Waals surface area contributed by atoms with Crippen molar-refractivity contribution in [3.05, 3.63) is 28.2 Å². The highest BCUT2D eigenvalue weighted by Gasteiger charge is 2.20. The average molecular weight is 270 g/mol. The lowest BCUT2D eigenvalue weighted by Gasteiger charge is -2.21. The van der Waals surface area contributed by atoms with Crippen LogP contribution >= 0.6 is 15.9 Å². The summed E-state index contributed by atoms with van der Waals surface area (Å²) < 4.78 is 1.03. The Labute approximate surface area is 99.0 Å². The first-order valence-electron chi connectivity index (χ1n) is 5.35. The molecule has 2 rings (SSSR count). The summed E-state index contributed by atoms with van der Waals surface area (Å²) in [5, 5.41) is 9.32. The van der Waals surface area contributed by atoms with Crippen molar-refractivity contribution in [3.63, 3.8) is 0 Å². The Kier molecular flexibility index (Phi) is 3.32. The summed E-state index contributed by atoms with van der Waals surface area (Å²) in [6.07, 6.45) is 1.25. The molecule has 82 valence electrons. The fourth-order valence-electron chi connectivity index (χ4n) is 2.14. The fourth-order valence-corrected chi connectivity index (χ4v) is 2.55. The van der Waals surface area contributed by atoms with Crippen molar-refractivity contribution in [1.82, 2.24) is 0 Å². The van der Waals surface area contributed by atoms with Crippen LogP contribution in [0.4, 0.5) is 5.69 Å². The first-order chi connectivity index (χ1) is 7.20. The van der Waals surface area contributed by atoms with Gasteiger partial charge in [-0.2, -0.15) is 0 Å². The predicted molar refractivity (Wildman–Crippen MR) is 66.1 cm³/mol. The molecule has 1 aliphatic rings. The van der Waals surface area contributed by atoms with E-state index in [9.17, 15) is 5.11 Å². The Bertz CT molecular complexity index is 353. The van der Waals surface area contributed by atoms with E-state index in [4.69, 9.17) is 0 Å². The maximum absolute atomic E-state index is 9.32. The molecule has 3 heteroatoms. The smallest absolute Gasteiger partial charge is 0.0702 e.